The third-order valence-electron chi connectivity index (χ3n) is 5.28. The van der Waals surface area contributed by atoms with Gasteiger partial charge in [0.15, 0.2) is 23.1 Å². The topological polar surface area (TPSA) is 114 Å². The van der Waals surface area contributed by atoms with Gasteiger partial charge in [0, 0.05) is 21.1 Å². The van der Waals surface area contributed by atoms with Gasteiger partial charge in [-0.25, -0.2) is 22.8 Å². The second-order valence-corrected chi connectivity index (χ2v) is 9.68. The molecular formula is C20H15BrF6N4O4S. The number of aliphatic hydroxyl groups is 3. The van der Waals surface area contributed by atoms with Crippen LogP contribution in [0.4, 0.5) is 26.3 Å². The number of alkyl halides is 3. The summed E-state index contributed by atoms with van der Waals surface area (Å²) in [5, 5.41) is 38.8. The highest BCUT2D eigenvalue weighted by atomic mass is 79.9. The summed E-state index contributed by atoms with van der Waals surface area (Å²) in [6.45, 7) is -0.688. The van der Waals surface area contributed by atoms with Gasteiger partial charge in [0.25, 0.3) is 0 Å². The van der Waals surface area contributed by atoms with E-state index in [1.165, 1.54) is 0 Å². The molecule has 5 atom stereocenters. The molecule has 1 aliphatic heterocycles. The summed E-state index contributed by atoms with van der Waals surface area (Å²) >= 11 is 3.59. The van der Waals surface area contributed by atoms with Crippen LogP contribution in [0.3, 0.4) is 0 Å². The number of benzene rings is 1. The summed E-state index contributed by atoms with van der Waals surface area (Å²) in [4.78, 5) is 3.55. The van der Waals surface area contributed by atoms with Gasteiger partial charge >= 0.3 is 6.18 Å². The molecule has 2 aromatic heterocycles. The van der Waals surface area contributed by atoms with Crippen LogP contribution < -0.4 is 0 Å². The van der Waals surface area contributed by atoms with Crippen LogP contribution in [-0.2, 0) is 10.9 Å². The largest absolute Gasteiger partial charge is 0.434 e. The summed E-state index contributed by atoms with van der Waals surface area (Å²) < 4.78 is 85.6. The van der Waals surface area contributed by atoms with Crippen LogP contribution in [0.25, 0.3) is 11.3 Å². The third kappa shape index (κ3) is 5.24. The second-order valence-electron chi connectivity index (χ2n) is 7.65. The maximum atomic E-state index is 13.6. The van der Waals surface area contributed by atoms with Crippen LogP contribution in [0.5, 0.6) is 0 Å². The Morgan fingerprint density at radius 1 is 1.08 bits per heavy atom. The number of nitrogens with zero attached hydrogens (tertiary/aromatic N) is 4. The minimum atomic E-state index is -4.69. The first-order valence-electron chi connectivity index (χ1n) is 9.99. The van der Waals surface area contributed by atoms with E-state index in [9.17, 15) is 41.7 Å². The maximum Gasteiger partial charge on any atom is 0.434 e. The Balaban J connectivity index is 1.62. The van der Waals surface area contributed by atoms with Crippen LogP contribution in [0.1, 0.15) is 11.7 Å². The standard InChI is InChI=1S/C20H15BrF6N4O4S/c21-9-3-8(4-28-18(9)20(25,26)27)36-19-17(34)15(16(33)13(6-32)35-19)31-5-12(29-30-31)7-1-10(22)14(24)11(23)2-7/h1-5,13,15-17,19,32-34H,6H2/t13?,15-,16-,17?,19+/m0/s1. The molecule has 0 saturated carbocycles. The van der Waals surface area contributed by atoms with Gasteiger partial charge in [0.1, 0.15) is 35.5 Å². The van der Waals surface area contributed by atoms with Crippen molar-refractivity contribution in [3.05, 3.63) is 58.2 Å². The van der Waals surface area contributed by atoms with Gasteiger partial charge in [0.05, 0.1) is 12.8 Å². The first-order valence-corrected chi connectivity index (χ1v) is 11.7. The summed E-state index contributed by atoms with van der Waals surface area (Å²) in [6.07, 6.45) is -6.95. The minimum Gasteiger partial charge on any atom is -0.394 e. The van der Waals surface area contributed by atoms with Crippen LogP contribution in [0.15, 0.2) is 40.0 Å². The summed E-state index contributed by atoms with van der Waals surface area (Å²) in [5.41, 5.74) is -2.64. The third-order valence-corrected chi connectivity index (χ3v) is 7.00. The van der Waals surface area contributed by atoms with Crippen molar-refractivity contribution in [3.63, 3.8) is 0 Å². The molecule has 0 aliphatic carbocycles. The van der Waals surface area contributed by atoms with E-state index in [4.69, 9.17) is 4.74 Å². The predicted molar refractivity (Wildman–Crippen MR) is 115 cm³/mol. The molecular weight excluding hydrogens is 586 g/mol. The first-order chi connectivity index (χ1) is 16.9. The minimum absolute atomic E-state index is 0.112. The van der Waals surface area contributed by atoms with Crippen molar-refractivity contribution >= 4 is 27.7 Å². The Hall–Kier alpha value is -2.24. The Labute approximate surface area is 211 Å². The lowest BCUT2D eigenvalue weighted by atomic mass is 9.97. The molecule has 8 nitrogen and oxygen atoms in total. The summed E-state index contributed by atoms with van der Waals surface area (Å²) in [6, 6.07) is 1.20. The van der Waals surface area contributed by atoms with E-state index < -0.39 is 65.7 Å². The van der Waals surface area contributed by atoms with E-state index in [2.05, 4.69) is 31.2 Å². The number of rotatable bonds is 5. The van der Waals surface area contributed by atoms with E-state index in [-0.39, 0.29) is 20.6 Å². The number of hydrogen-bond donors (Lipinski definition) is 3. The van der Waals surface area contributed by atoms with Crippen molar-refractivity contribution in [2.45, 2.75) is 40.9 Å². The van der Waals surface area contributed by atoms with Crippen molar-refractivity contribution in [2.24, 2.45) is 0 Å². The molecule has 3 heterocycles. The zero-order valence-electron chi connectivity index (χ0n) is 17.6. The molecule has 1 saturated heterocycles. The van der Waals surface area contributed by atoms with Gasteiger partial charge in [-0.1, -0.05) is 17.0 Å². The molecule has 3 N–H and O–H groups in total. The Kier molecular flexibility index (Phi) is 7.64. The monoisotopic (exact) mass is 600 g/mol. The van der Waals surface area contributed by atoms with Crippen molar-refractivity contribution in [2.75, 3.05) is 6.61 Å². The molecule has 0 spiro atoms. The lowest BCUT2D eigenvalue weighted by Gasteiger charge is -2.41. The van der Waals surface area contributed by atoms with Gasteiger partial charge in [0.2, 0.25) is 0 Å². The van der Waals surface area contributed by atoms with Crippen molar-refractivity contribution in [1.82, 2.24) is 20.0 Å². The smallest absolute Gasteiger partial charge is 0.394 e. The Bertz CT molecular complexity index is 1240. The van der Waals surface area contributed by atoms with Crippen LogP contribution in [0.2, 0.25) is 0 Å². The van der Waals surface area contributed by atoms with Crippen molar-refractivity contribution < 1.29 is 46.4 Å². The first kappa shape index (κ1) is 26.8. The van der Waals surface area contributed by atoms with Crippen LogP contribution in [-0.4, -0.2) is 65.7 Å². The van der Waals surface area contributed by atoms with Crippen LogP contribution in [0, 0.1) is 17.5 Å². The highest BCUT2D eigenvalue weighted by molar-refractivity contribution is 9.10. The average molecular weight is 601 g/mol. The van der Waals surface area contributed by atoms with Gasteiger partial charge < -0.3 is 20.1 Å². The van der Waals surface area contributed by atoms with Crippen molar-refractivity contribution in [3.8, 4) is 11.3 Å². The molecule has 0 amide bonds. The molecule has 194 valence electrons. The maximum absolute atomic E-state index is 13.6. The Morgan fingerprint density at radius 3 is 2.33 bits per heavy atom. The number of thioether (sulfide) groups is 1. The number of aromatic nitrogens is 4. The number of pyridine rings is 1. The molecule has 36 heavy (non-hydrogen) atoms. The molecule has 1 fully saturated rings. The van der Waals surface area contributed by atoms with E-state index in [1.54, 1.807) is 0 Å². The van der Waals surface area contributed by atoms with Gasteiger partial charge in [-0.15, -0.1) is 5.10 Å². The van der Waals surface area contributed by atoms with E-state index in [1.807, 2.05) is 0 Å². The normalized spacial score (nSPS) is 24.8. The molecule has 0 bridgehead atoms. The van der Waals surface area contributed by atoms with E-state index in [0.717, 1.165) is 34.9 Å². The molecule has 4 rings (SSSR count). The molecule has 16 heteroatoms. The highest BCUT2D eigenvalue weighted by Crippen LogP contribution is 2.40. The molecule has 3 aromatic rings. The summed E-state index contributed by atoms with van der Waals surface area (Å²) in [7, 11) is 0. The zero-order chi connectivity index (χ0) is 26.4. The second kappa shape index (κ2) is 10.3. The molecule has 2 unspecified atom stereocenters. The van der Waals surface area contributed by atoms with Crippen LogP contribution >= 0.6 is 27.7 Å². The molecule has 1 aromatic carbocycles. The number of hydrogen-bond acceptors (Lipinski definition) is 8. The number of ether oxygens (including phenoxy) is 1. The molecule has 0 radical (unpaired) electrons. The lowest BCUT2D eigenvalue weighted by molar-refractivity contribution is -0.178. The van der Waals surface area contributed by atoms with Gasteiger partial charge in [-0.2, -0.15) is 13.2 Å². The van der Waals surface area contributed by atoms with E-state index >= 15 is 0 Å². The average Bonchev–Trinajstić information content (AvgIpc) is 3.28. The predicted octanol–water partition coefficient (Wildman–Crippen LogP) is 3.31. The van der Waals surface area contributed by atoms with E-state index in [0.29, 0.717) is 12.1 Å². The summed E-state index contributed by atoms with van der Waals surface area (Å²) in [5.74, 6) is -4.59. The van der Waals surface area contributed by atoms with Crippen molar-refractivity contribution in [1.29, 1.82) is 0 Å². The lowest BCUT2D eigenvalue weighted by Crippen LogP contribution is -2.55. The fraction of sp³-hybridized carbons (Fsp3) is 0.350. The Morgan fingerprint density at radius 2 is 1.75 bits per heavy atom. The molecule has 1 aliphatic rings. The van der Waals surface area contributed by atoms with Gasteiger partial charge in [-0.3, -0.25) is 0 Å². The fourth-order valence-corrected chi connectivity index (χ4v) is 5.36. The quantitative estimate of drug-likeness (QED) is 0.302. The highest BCUT2D eigenvalue weighted by Gasteiger charge is 2.46. The number of halogens is 7. The van der Waals surface area contributed by atoms with Gasteiger partial charge in [-0.05, 0) is 34.1 Å². The fourth-order valence-electron chi connectivity index (χ4n) is 3.56. The number of aliphatic hydroxyl groups excluding tert-OH is 3. The zero-order valence-corrected chi connectivity index (χ0v) is 20.0. The SMILES string of the molecule is OCC1O[C@H](Sc2cnc(C(F)(F)F)c(Br)c2)C(O)[C@@H](n2cc(-c3cc(F)c(F)c(F)c3)nn2)[C@H]1O.